The Labute approximate surface area is 172 Å². The summed E-state index contributed by atoms with van der Waals surface area (Å²) < 4.78 is 6.75. The molecule has 0 amide bonds. The number of halogens is 2. The second kappa shape index (κ2) is 6.80. The first-order valence-corrected chi connectivity index (χ1v) is 10.2. The smallest absolute Gasteiger partial charge is 0.205 e. The molecule has 4 rings (SSSR count). The van der Waals surface area contributed by atoms with Gasteiger partial charge < -0.3 is 14.4 Å². The Morgan fingerprint density at radius 1 is 1.11 bits per heavy atom. The number of fused-ring (bicyclic) bond motifs is 4. The zero-order valence-corrected chi connectivity index (χ0v) is 17.9. The molecular weight excluding hydrogens is 476 g/mol. The zero-order chi connectivity index (χ0) is 19.3. The van der Waals surface area contributed by atoms with E-state index in [1.54, 1.807) is 6.07 Å². The van der Waals surface area contributed by atoms with Gasteiger partial charge in [-0.1, -0.05) is 0 Å². The van der Waals surface area contributed by atoms with Crippen LogP contribution in [0.25, 0.3) is 33.3 Å². The molecule has 1 heterocycles. The normalized spacial score (nSPS) is 11.6. The third-order valence-corrected chi connectivity index (χ3v) is 6.26. The summed E-state index contributed by atoms with van der Waals surface area (Å²) in [5, 5.41) is 11.0. The molecule has 1 aliphatic carbocycles. The van der Waals surface area contributed by atoms with E-state index in [0.717, 1.165) is 18.8 Å². The van der Waals surface area contributed by atoms with Crippen LogP contribution in [0.3, 0.4) is 0 Å². The van der Waals surface area contributed by atoms with Crippen molar-refractivity contribution in [3.8, 4) is 17.2 Å². The van der Waals surface area contributed by atoms with Crippen molar-refractivity contribution < 1.29 is 9.52 Å². The molecule has 0 fully saturated rings. The van der Waals surface area contributed by atoms with E-state index in [4.69, 9.17) is 9.40 Å². The minimum atomic E-state index is -0.259. The van der Waals surface area contributed by atoms with E-state index in [1.807, 2.05) is 18.2 Å². The lowest BCUT2D eigenvalue weighted by molar-refractivity contribution is 0.473. The minimum Gasteiger partial charge on any atom is -0.507 e. The number of anilines is 1. The average Bonchev–Trinajstić information content (AvgIpc) is 2.68. The number of rotatable bonds is 3. The number of hydrogen-bond donors (Lipinski definition) is 1. The molecule has 2 aromatic carbocycles. The van der Waals surface area contributed by atoms with Crippen molar-refractivity contribution >= 4 is 59.4 Å². The van der Waals surface area contributed by atoms with Gasteiger partial charge in [0.1, 0.15) is 21.4 Å². The van der Waals surface area contributed by atoms with E-state index < -0.39 is 0 Å². The van der Waals surface area contributed by atoms with Crippen LogP contribution in [0.2, 0.25) is 0 Å². The molecule has 0 spiro atoms. The number of aromatic hydroxyl groups is 1. The summed E-state index contributed by atoms with van der Waals surface area (Å²) >= 11 is 6.67. The molecule has 2 aromatic rings. The summed E-state index contributed by atoms with van der Waals surface area (Å²) in [5.41, 5.74) is 2.67. The van der Waals surface area contributed by atoms with Gasteiger partial charge in [-0.05, 0) is 70.0 Å². The quantitative estimate of drug-likeness (QED) is 0.302. The molecule has 0 bridgehead atoms. The standard InChI is InChI=1S/C20H16Br2N2O3/c1-3-24(4-2)10-5-7-12-14(9-10)27-20-17(22)19(26)15-11(18(20)23-12)6-8-13(25)16(15)21/h5-9,25H,3-4H2,1-2H3. The molecular formula is C20H16Br2N2O3. The van der Waals surface area contributed by atoms with Gasteiger partial charge in [0.2, 0.25) is 5.43 Å². The van der Waals surface area contributed by atoms with Crippen LogP contribution >= 0.6 is 31.9 Å². The molecule has 27 heavy (non-hydrogen) atoms. The van der Waals surface area contributed by atoms with Crippen LogP contribution in [0, 0.1) is 0 Å². The lowest BCUT2D eigenvalue weighted by Crippen LogP contribution is -2.21. The lowest BCUT2D eigenvalue weighted by Gasteiger charge is -2.21. The molecule has 0 radical (unpaired) electrons. The Kier molecular flexibility index (Phi) is 4.60. The highest BCUT2D eigenvalue weighted by atomic mass is 79.9. The van der Waals surface area contributed by atoms with E-state index in [-0.39, 0.29) is 11.2 Å². The SMILES string of the molecule is CCN(CC)c1ccc2nc3c4ccc(O)c(Br)c4c(=O)c(Br)c-3oc2c1. The van der Waals surface area contributed by atoms with Crippen molar-refractivity contribution in [1.82, 2.24) is 4.98 Å². The molecule has 0 atom stereocenters. The van der Waals surface area contributed by atoms with Gasteiger partial charge in [0, 0.05) is 30.2 Å². The Hall–Kier alpha value is -2.12. The fraction of sp³-hybridized carbons (Fsp3) is 0.200. The molecule has 0 aromatic heterocycles. The van der Waals surface area contributed by atoms with Gasteiger partial charge in [0.25, 0.3) is 0 Å². The highest BCUT2D eigenvalue weighted by Gasteiger charge is 2.23. The predicted octanol–water partition coefficient (Wildman–Crippen LogP) is 5.52. The molecule has 0 saturated carbocycles. The first kappa shape index (κ1) is 18.3. The maximum atomic E-state index is 12.8. The fourth-order valence-electron chi connectivity index (χ4n) is 3.32. The molecule has 7 heteroatoms. The predicted molar refractivity (Wildman–Crippen MR) is 115 cm³/mol. The lowest BCUT2D eigenvalue weighted by atomic mass is 10.0. The highest BCUT2D eigenvalue weighted by Crippen LogP contribution is 2.40. The van der Waals surface area contributed by atoms with E-state index in [1.165, 1.54) is 6.07 Å². The van der Waals surface area contributed by atoms with Crippen molar-refractivity contribution in [3.63, 3.8) is 0 Å². The van der Waals surface area contributed by atoms with Crippen molar-refractivity contribution in [3.05, 3.63) is 49.5 Å². The Morgan fingerprint density at radius 2 is 1.85 bits per heavy atom. The van der Waals surface area contributed by atoms with Crippen molar-refractivity contribution in [1.29, 1.82) is 0 Å². The first-order chi connectivity index (χ1) is 13.0. The van der Waals surface area contributed by atoms with Crippen LogP contribution in [0.1, 0.15) is 13.8 Å². The van der Waals surface area contributed by atoms with Gasteiger partial charge >= 0.3 is 0 Å². The Morgan fingerprint density at radius 3 is 2.56 bits per heavy atom. The maximum Gasteiger partial charge on any atom is 0.205 e. The van der Waals surface area contributed by atoms with Gasteiger partial charge in [-0.2, -0.15) is 0 Å². The van der Waals surface area contributed by atoms with Crippen molar-refractivity contribution in [2.24, 2.45) is 0 Å². The zero-order valence-electron chi connectivity index (χ0n) is 14.7. The Bertz CT molecular complexity index is 1220. The second-order valence-electron chi connectivity index (χ2n) is 6.18. The molecule has 1 N–H and O–H groups in total. The van der Waals surface area contributed by atoms with Crippen LogP contribution in [0.4, 0.5) is 5.69 Å². The van der Waals surface area contributed by atoms with Crippen LogP contribution in [-0.4, -0.2) is 23.2 Å². The summed E-state index contributed by atoms with van der Waals surface area (Å²) in [6, 6.07) is 9.11. The molecule has 2 aliphatic rings. The van der Waals surface area contributed by atoms with Crippen molar-refractivity contribution in [2.75, 3.05) is 18.0 Å². The van der Waals surface area contributed by atoms with Crippen molar-refractivity contribution in [2.45, 2.75) is 13.8 Å². The molecule has 1 aliphatic heterocycles. The largest absolute Gasteiger partial charge is 0.507 e. The highest BCUT2D eigenvalue weighted by molar-refractivity contribution is 9.11. The van der Waals surface area contributed by atoms with Crippen LogP contribution < -0.4 is 10.3 Å². The van der Waals surface area contributed by atoms with Gasteiger partial charge in [-0.15, -0.1) is 0 Å². The van der Waals surface area contributed by atoms with E-state index in [2.05, 4.69) is 50.6 Å². The van der Waals surface area contributed by atoms with E-state index in [9.17, 15) is 9.90 Å². The average molecular weight is 492 g/mol. The monoisotopic (exact) mass is 490 g/mol. The second-order valence-corrected chi connectivity index (χ2v) is 7.77. The first-order valence-electron chi connectivity index (χ1n) is 8.58. The third kappa shape index (κ3) is 2.80. The molecule has 5 nitrogen and oxygen atoms in total. The van der Waals surface area contributed by atoms with E-state index in [0.29, 0.717) is 42.3 Å². The third-order valence-electron chi connectivity index (χ3n) is 4.73. The summed E-state index contributed by atoms with van der Waals surface area (Å²) in [7, 11) is 0. The summed E-state index contributed by atoms with van der Waals surface area (Å²) in [6.45, 7) is 5.98. The van der Waals surface area contributed by atoms with Gasteiger partial charge in [-0.3, -0.25) is 4.79 Å². The number of aromatic nitrogens is 1. The van der Waals surface area contributed by atoms with E-state index >= 15 is 0 Å². The molecule has 138 valence electrons. The van der Waals surface area contributed by atoms with Crippen LogP contribution in [0.15, 0.2) is 48.5 Å². The Balaban J connectivity index is 2.10. The van der Waals surface area contributed by atoms with Crippen LogP contribution in [0.5, 0.6) is 5.75 Å². The van der Waals surface area contributed by atoms with Gasteiger partial charge in [0.15, 0.2) is 11.3 Å². The number of phenolic OH excluding ortho intramolecular Hbond substituents is 1. The maximum absolute atomic E-state index is 12.8. The van der Waals surface area contributed by atoms with Gasteiger partial charge in [-0.25, -0.2) is 4.98 Å². The number of benzene rings is 3. The number of hydrogen-bond acceptors (Lipinski definition) is 5. The number of nitrogens with zero attached hydrogens (tertiary/aromatic N) is 2. The topological polar surface area (TPSA) is 66.6 Å². The minimum absolute atomic E-state index is 0.00689. The van der Waals surface area contributed by atoms with Crippen LogP contribution in [-0.2, 0) is 0 Å². The molecule has 0 unspecified atom stereocenters. The van der Waals surface area contributed by atoms with Gasteiger partial charge in [0.05, 0.1) is 9.86 Å². The fourth-order valence-corrected chi connectivity index (χ4v) is 4.31. The summed E-state index contributed by atoms with van der Waals surface area (Å²) in [5.74, 6) is 0.404. The summed E-state index contributed by atoms with van der Waals surface area (Å²) in [6.07, 6.45) is 0. The molecule has 0 saturated heterocycles. The number of phenols is 1. The summed E-state index contributed by atoms with van der Waals surface area (Å²) in [4.78, 5) is 19.8.